The molecule has 0 N–H and O–H groups in total. The smallest absolute Gasteiger partial charge is 0.0900 e. The van der Waals surface area contributed by atoms with Crippen LogP contribution >= 0.6 is 0 Å². The lowest BCUT2D eigenvalue weighted by Crippen LogP contribution is -2.23. The molecular formula is C17H13N2O2-. The van der Waals surface area contributed by atoms with Crippen molar-refractivity contribution in [3.05, 3.63) is 59.3 Å². The van der Waals surface area contributed by atoms with E-state index in [2.05, 4.69) is 9.97 Å². The van der Waals surface area contributed by atoms with E-state index in [4.69, 9.17) is 0 Å². The predicted molar refractivity (Wildman–Crippen MR) is 78.8 cm³/mol. The molecule has 0 atom stereocenters. The number of carbonyl (C=O) groups is 1. The molecule has 0 aliphatic rings. The molecule has 0 spiro atoms. The summed E-state index contributed by atoms with van der Waals surface area (Å²) in [6, 6.07) is 10.6. The van der Waals surface area contributed by atoms with Gasteiger partial charge in [-0.15, -0.1) is 0 Å². The van der Waals surface area contributed by atoms with Crippen molar-refractivity contribution in [2.75, 3.05) is 0 Å². The largest absolute Gasteiger partial charge is 0.545 e. The average Bonchev–Trinajstić information content (AvgIpc) is 2.51. The van der Waals surface area contributed by atoms with Crippen LogP contribution in [0.4, 0.5) is 0 Å². The number of hydrogen-bond acceptors (Lipinski definition) is 4. The number of fused-ring (bicyclic) bond motifs is 1. The lowest BCUT2D eigenvalue weighted by molar-refractivity contribution is -0.254. The molecule has 0 unspecified atom stereocenters. The summed E-state index contributed by atoms with van der Waals surface area (Å²) in [5.74, 6) is -1.21. The first-order chi connectivity index (χ1) is 10.1. The highest BCUT2D eigenvalue weighted by Gasteiger charge is 2.11. The summed E-state index contributed by atoms with van der Waals surface area (Å²) in [4.78, 5) is 20.3. The van der Waals surface area contributed by atoms with Crippen LogP contribution in [0.25, 0.3) is 22.3 Å². The summed E-state index contributed by atoms with van der Waals surface area (Å²) in [6.07, 6.45) is 1.66. The molecule has 0 aliphatic carbocycles. The molecule has 0 radical (unpaired) electrons. The molecule has 21 heavy (non-hydrogen) atoms. The quantitative estimate of drug-likeness (QED) is 0.720. The van der Waals surface area contributed by atoms with Crippen LogP contribution in [0.1, 0.15) is 21.5 Å². The summed E-state index contributed by atoms with van der Waals surface area (Å²) < 4.78 is 0. The van der Waals surface area contributed by atoms with Crippen LogP contribution in [0.3, 0.4) is 0 Å². The molecule has 0 saturated carbocycles. The Hall–Kier alpha value is -2.75. The molecule has 104 valence electrons. The molecule has 2 heterocycles. The van der Waals surface area contributed by atoms with Crippen LogP contribution in [0.2, 0.25) is 0 Å². The first kappa shape index (κ1) is 13.2. The molecule has 1 aromatic carbocycles. The lowest BCUT2D eigenvalue weighted by atomic mass is 10.0. The number of aryl methyl sites for hydroxylation is 2. The second-order valence-corrected chi connectivity index (χ2v) is 4.96. The maximum absolute atomic E-state index is 11.4. The third-order valence-electron chi connectivity index (χ3n) is 3.65. The third-order valence-corrected chi connectivity index (χ3v) is 3.65. The van der Waals surface area contributed by atoms with E-state index in [0.717, 1.165) is 11.1 Å². The lowest BCUT2D eigenvalue weighted by Gasteiger charge is -2.13. The Labute approximate surface area is 122 Å². The second kappa shape index (κ2) is 4.98. The molecule has 0 aliphatic heterocycles. The molecular weight excluding hydrogens is 264 g/mol. The molecule has 2 aromatic heterocycles. The van der Waals surface area contributed by atoms with Gasteiger partial charge in [-0.1, -0.05) is 18.2 Å². The van der Waals surface area contributed by atoms with Crippen molar-refractivity contribution in [2.24, 2.45) is 0 Å². The highest BCUT2D eigenvalue weighted by atomic mass is 16.4. The van der Waals surface area contributed by atoms with Gasteiger partial charge in [0, 0.05) is 17.1 Å². The van der Waals surface area contributed by atoms with Crippen LogP contribution in [0, 0.1) is 13.8 Å². The Bertz CT molecular complexity index is 842. The number of benzene rings is 1. The number of carboxylic acid groups (broad SMARTS) is 1. The Morgan fingerprint density at radius 1 is 1.10 bits per heavy atom. The summed E-state index contributed by atoms with van der Waals surface area (Å²) in [5, 5.41) is 12.0. The molecule has 4 nitrogen and oxygen atoms in total. The molecule has 3 rings (SSSR count). The third kappa shape index (κ3) is 2.25. The van der Waals surface area contributed by atoms with Gasteiger partial charge in [-0.05, 0) is 43.2 Å². The van der Waals surface area contributed by atoms with Crippen LogP contribution in [0.15, 0.2) is 42.6 Å². The van der Waals surface area contributed by atoms with Gasteiger partial charge in [0.2, 0.25) is 0 Å². The molecule has 4 heteroatoms. The van der Waals surface area contributed by atoms with Crippen molar-refractivity contribution < 1.29 is 9.90 Å². The van der Waals surface area contributed by atoms with E-state index in [0.29, 0.717) is 22.3 Å². The number of hydrogen-bond donors (Lipinski definition) is 0. The van der Waals surface area contributed by atoms with Crippen molar-refractivity contribution in [2.45, 2.75) is 13.8 Å². The van der Waals surface area contributed by atoms with Crippen molar-refractivity contribution in [3.63, 3.8) is 0 Å². The number of carboxylic acids is 1. The zero-order valence-electron chi connectivity index (χ0n) is 11.8. The van der Waals surface area contributed by atoms with E-state index < -0.39 is 5.97 Å². The molecule has 3 aromatic rings. The monoisotopic (exact) mass is 277 g/mol. The second-order valence-electron chi connectivity index (χ2n) is 4.96. The van der Waals surface area contributed by atoms with Crippen molar-refractivity contribution in [1.82, 2.24) is 9.97 Å². The molecule has 0 bridgehead atoms. The van der Waals surface area contributed by atoms with Gasteiger partial charge in [0.15, 0.2) is 0 Å². The van der Waals surface area contributed by atoms with Crippen molar-refractivity contribution >= 4 is 16.9 Å². The topological polar surface area (TPSA) is 65.9 Å². The number of aromatic carboxylic acids is 1. The SMILES string of the molecule is Cc1ccc2c(C(=O)[O-])cc(-c3ccccn3)nc2c1C. The van der Waals surface area contributed by atoms with Gasteiger partial charge < -0.3 is 9.90 Å². The molecule has 0 fully saturated rings. The number of pyridine rings is 2. The van der Waals surface area contributed by atoms with Crippen molar-refractivity contribution in [1.29, 1.82) is 0 Å². The standard InChI is InChI=1S/C17H14N2O2/c1-10-6-7-12-13(17(20)21)9-15(19-16(12)11(10)2)14-5-3-4-8-18-14/h3-9H,1-2H3,(H,20,21)/p-1. The fourth-order valence-electron chi connectivity index (χ4n) is 2.34. The van der Waals surface area contributed by atoms with Crippen LogP contribution in [0.5, 0.6) is 0 Å². The van der Waals surface area contributed by atoms with Gasteiger partial charge in [-0.3, -0.25) is 4.98 Å². The zero-order chi connectivity index (χ0) is 15.0. The molecule has 0 amide bonds. The van der Waals surface area contributed by atoms with Gasteiger partial charge >= 0.3 is 0 Å². The van der Waals surface area contributed by atoms with E-state index >= 15 is 0 Å². The maximum Gasteiger partial charge on any atom is 0.0900 e. The first-order valence-corrected chi connectivity index (χ1v) is 6.61. The Morgan fingerprint density at radius 2 is 1.90 bits per heavy atom. The minimum absolute atomic E-state index is 0.142. The van der Waals surface area contributed by atoms with E-state index in [1.54, 1.807) is 24.4 Å². The summed E-state index contributed by atoms with van der Waals surface area (Å²) in [5.41, 5.74) is 4.03. The average molecular weight is 277 g/mol. The van der Waals surface area contributed by atoms with E-state index in [9.17, 15) is 9.90 Å². The van der Waals surface area contributed by atoms with E-state index in [1.165, 1.54) is 6.07 Å². The maximum atomic E-state index is 11.4. The molecule has 0 saturated heterocycles. The Kier molecular flexibility index (Phi) is 3.14. The number of aromatic nitrogens is 2. The summed E-state index contributed by atoms with van der Waals surface area (Å²) >= 11 is 0. The number of rotatable bonds is 2. The Balaban J connectivity index is 2.39. The minimum atomic E-state index is -1.21. The fraction of sp³-hybridized carbons (Fsp3) is 0.118. The summed E-state index contributed by atoms with van der Waals surface area (Å²) in [7, 11) is 0. The van der Waals surface area contributed by atoms with Crippen LogP contribution < -0.4 is 5.11 Å². The minimum Gasteiger partial charge on any atom is -0.545 e. The van der Waals surface area contributed by atoms with Gasteiger partial charge in [0.1, 0.15) is 0 Å². The normalized spacial score (nSPS) is 10.8. The first-order valence-electron chi connectivity index (χ1n) is 6.61. The van der Waals surface area contributed by atoms with Gasteiger partial charge in [-0.25, -0.2) is 4.98 Å². The highest BCUT2D eigenvalue weighted by Crippen LogP contribution is 2.27. The number of nitrogens with zero attached hydrogens (tertiary/aromatic N) is 2. The summed E-state index contributed by atoms with van der Waals surface area (Å²) in [6.45, 7) is 3.91. The van der Waals surface area contributed by atoms with E-state index in [1.807, 2.05) is 26.0 Å². The van der Waals surface area contributed by atoms with Gasteiger partial charge in [0.05, 0.1) is 22.9 Å². The van der Waals surface area contributed by atoms with Crippen LogP contribution in [-0.2, 0) is 0 Å². The van der Waals surface area contributed by atoms with Gasteiger partial charge in [0.25, 0.3) is 0 Å². The van der Waals surface area contributed by atoms with E-state index in [-0.39, 0.29) is 5.56 Å². The predicted octanol–water partition coefficient (Wildman–Crippen LogP) is 2.28. The van der Waals surface area contributed by atoms with Gasteiger partial charge in [-0.2, -0.15) is 0 Å². The Morgan fingerprint density at radius 3 is 2.57 bits per heavy atom. The highest BCUT2D eigenvalue weighted by molar-refractivity contribution is 6.03. The number of carbonyl (C=O) groups excluding carboxylic acids is 1. The fourth-order valence-corrected chi connectivity index (χ4v) is 2.34. The van der Waals surface area contributed by atoms with Crippen LogP contribution in [-0.4, -0.2) is 15.9 Å². The zero-order valence-corrected chi connectivity index (χ0v) is 11.8. The van der Waals surface area contributed by atoms with Crippen molar-refractivity contribution in [3.8, 4) is 11.4 Å².